The van der Waals surface area contributed by atoms with Crippen LogP contribution in [0.15, 0.2) is 0 Å². The van der Waals surface area contributed by atoms with E-state index < -0.39 is 0 Å². The van der Waals surface area contributed by atoms with Gasteiger partial charge in [0.1, 0.15) is 0 Å². The molecule has 0 aromatic heterocycles. The summed E-state index contributed by atoms with van der Waals surface area (Å²) in [6.07, 6.45) is 5.91. The monoisotopic (exact) mass is 211 g/mol. The molecule has 1 spiro atoms. The van der Waals surface area contributed by atoms with E-state index >= 15 is 0 Å². The van der Waals surface area contributed by atoms with E-state index in [2.05, 4.69) is 25.7 Å². The van der Waals surface area contributed by atoms with E-state index in [-0.39, 0.29) is 6.10 Å². The molecule has 2 fully saturated rings. The molecular weight excluding hydrogens is 186 g/mol. The molecule has 1 N–H and O–H groups in total. The molecule has 1 heterocycles. The summed E-state index contributed by atoms with van der Waals surface area (Å²) in [6.45, 7) is 9.20. The minimum Gasteiger partial charge on any atom is -0.393 e. The van der Waals surface area contributed by atoms with Crippen LogP contribution in [0, 0.1) is 5.41 Å². The normalized spacial score (nSPS) is 32.4. The average Bonchev–Trinajstić information content (AvgIpc) is 2.48. The summed E-state index contributed by atoms with van der Waals surface area (Å²) in [4.78, 5) is 2.56. The van der Waals surface area contributed by atoms with Gasteiger partial charge in [0.25, 0.3) is 0 Å². The molecule has 0 amide bonds. The summed E-state index contributed by atoms with van der Waals surface area (Å²) in [5.41, 5.74) is 0.590. The molecule has 2 rings (SSSR count). The Morgan fingerprint density at radius 3 is 2.13 bits per heavy atom. The van der Waals surface area contributed by atoms with Crippen LogP contribution in [0.2, 0.25) is 0 Å². The highest BCUT2D eigenvalue weighted by atomic mass is 16.3. The Balaban J connectivity index is 1.97. The molecule has 1 unspecified atom stereocenters. The van der Waals surface area contributed by atoms with E-state index in [0.717, 1.165) is 6.42 Å². The van der Waals surface area contributed by atoms with Crippen molar-refractivity contribution in [2.45, 2.75) is 64.5 Å². The van der Waals surface area contributed by atoms with E-state index in [1.807, 2.05) is 0 Å². The summed E-state index contributed by atoms with van der Waals surface area (Å²) in [7, 11) is 0. The van der Waals surface area contributed by atoms with Gasteiger partial charge in [0.2, 0.25) is 0 Å². The molecule has 15 heavy (non-hydrogen) atoms. The smallest absolute Gasteiger partial charge is 0.0597 e. The molecule has 2 heteroatoms. The molecule has 0 aromatic rings. The molecule has 2 aliphatic rings. The predicted molar refractivity (Wildman–Crippen MR) is 62.9 cm³/mol. The summed E-state index contributed by atoms with van der Waals surface area (Å²) in [6, 6.07) is 0. The Hall–Kier alpha value is -0.0800. The number of piperidine rings is 1. The zero-order valence-electron chi connectivity index (χ0n) is 10.4. The SMILES string of the molecule is CC(C)(C)N1CCC2(CCCC2O)CC1. The first kappa shape index (κ1) is 11.4. The van der Waals surface area contributed by atoms with E-state index in [9.17, 15) is 5.11 Å². The van der Waals surface area contributed by atoms with Crippen LogP contribution in [0.25, 0.3) is 0 Å². The molecule has 0 radical (unpaired) electrons. The highest BCUT2D eigenvalue weighted by molar-refractivity contribution is 4.97. The van der Waals surface area contributed by atoms with Gasteiger partial charge >= 0.3 is 0 Å². The Morgan fingerprint density at radius 2 is 1.73 bits per heavy atom. The lowest BCUT2D eigenvalue weighted by atomic mass is 9.74. The molecule has 0 bridgehead atoms. The van der Waals surface area contributed by atoms with Crippen molar-refractivity contribution in [3.05, 3.63) is 0 Å². The van der Waals surface area contributed by atoms with Gasteiger partial charge in [-0.25, -0.2) is 0 Å². The van der Waals surface area contributed by atoms with Crippen molar-refractivity contribution in [3.8, 4) is 0 Å². The van der Waals surface area contributed by atoms with Gasteiger partial charge in [0, 0.05) is 5.54 Å². The van der Waals surface area contributed by atoms with Crippen LogP contribution in [0.3, 0.4) is 0 Å². The standard InChI is InChI=1S/C13H25NO/c1-12(2,3)14-9-7-13(8-10-14)6-4-5-11(13)15/h11,15H,4-10H2,1-3H3. The van der Waals surface area contributed by atoms with Crippen LogP contribution >= 0.6 is 0 Å². The van der Waals surface area contributed by atoms with Crippen molar-refractivity contribution < 1.29 is 5.11 Å². The third-order valence-corrected chi connectivity index (χ3v) is 4.57. The maximum Gasteiger partial charge on any atom is 0.0597 e. The predicted octanol–water partition coefficient (Wildman–Crippen LogP) is 2.41. The summed E-state index contributed by atoms with van der Waals surface area (Å²) in [5, 5.41) is 10.1. The van der Waals surface area contributed by atoms with Crippen LogP contribution in [0.4, 0.5) is 0 Å². The Morgan fingerprint density at radius 1 is 1.13 bits per heavy atom. The fourth-order valence-corrected chi connectivity index (χ4v) is 3.33. The Labute approximate surface area is 93.7 Å². The number of aliphatic hydroxyl groups is 1. The Bertz CT molecular complexity index is 223. The summed E-state index contributed by atoms with van der Waals surface area (Å²) in [5.74, 6) is 0. The Kier molecular flexibility index (Phi) is 2.85. The van der Waals surface area contributed by atoms with E-state index in [0.29, 0.717) is 11.0 Å². The zero-order chi connectivity index (χ0) is 11.1. The third kappa shape index (κ3) is 2.07. The van der Waals surface area contributed by atoms with Crippen LogP contribution in [0.5, 0.6) is 0 Å². The van der Waals surface area contributed by atoms with Gasteiger partial charge < -0.3 is 5.11 Å². The quantitative estimate of drug-likeness (QED) is 0.665. The van der Waals surface area contributed by atoms with Crippen molar-refractivity contribution in [1.82, 2.24) is 4.90 Å². The topological polar surface area (TPSA) is 23.5 Å². The molecule has 1 aliphatic heterocycles. The second kappa shape index (κ2) is 3.74. The van der Waals surface area contributed by atoms with Gasteiger partial charge in [-0.3, -0.25) is 4.90 Å². The van der Waals surface area contributed by atoms with E-state index in [1.54, 1.807) is 0 Å². The fraction of sp³-hybridized carbons (Fsp3) is 1.00. The van der Waals surface area contributed by atoms with Crippen LogP contribution in [-0.4, -0.2) is 34.7 Å². The lowest BCUT2D eigenvalue weighted by Crippen LogP contribution is -2.50. The first-order chi connectivity index (χ1) is 6.94. The highest BCUT2D eigenvalue weighted by Gasteiger charge is 2.44. The summed E-state index contributed by atoms with van der Waals surface area (Å²) < 4.78 is 0. The second-order valence-electron chi connectivity index (χ2n) is 6.43. The molecule has 88 valence electrons. The van der Waals surface area contributed by atoms with Gasteiger partial charge in [-0.1, -0.05) is 6.42 Å². The van der Waals surface area contributed by atoms with Crippen LogP contribution in [-0.2, 0) is 0 Å². The van der Waals surface area contributed by atoms with Gasteiger partial charge in [-0.2, -0.15) is 0 Å². The third-order valence-electron chi connectivity index (χ3n) is 4.57. The molecule has 1 atom stereocenters. The molecule has 0 aromatic carbocycles. The van der Waals surface area contributed by atoms with Crippen LogP contribution < -0.4 is 0 Å². The molecule has 2 nitrogen and oxygen atoms in total. The number of hydrogen-bond acceptors (Lipinski definition) is 2. The number of nitrogens with zero attached hydrogens (tertiary/aromatic N) is 1. The zero-order valence-corrected chi connectivity index (χ0v) is 10.4. The second-order valence-corrected chi connectivity index (χ2v) is 6.43. The first-order valence-corrected chi connectivity index (χ1v) is 6.37. The molecule has 1 saturated carbocycles. The maximum atomic E-state index is 10.1. The fourth-order valence-electron chi connectivity index (χ4n) is 3.33. The van der Waals surface area contributed by atoms with E-state index in [1.165, 1.54) is 38.8 Å². The number of rotatable bonds is 0. The number of aliphatic hydroxyl groups excluding tert-OH is 1. The molecular formula is C13H25NO. The average molecular weight is 211 g/mol. The van der Waals surface area contributed by atoms with Crippen molar-refractivity contribution in [2.24, 2.45) is 5.41 Å². The van der Waals surface area contributed by atoms with Gasteiger partial charge in [0.05, 0.1) is 6.10 Å². The van der Waals surface area contributed by atoms with Crippen molar-refractivity contribution in [3.63, 3.8) is 0 Å². The molecule has 1 saturated heterocycles. The minimum absolute atomic E-state index is 0.0142. The van der Waals surface area contributed by atoms with E-state index in [4.69, 9.17) is 0 Å². The number of likely N-dealkylation sites (tertiary alicyclic amines) is 1. The van der Waals surface area contributed by atoms with Crippen LogP contribution in [0.1, 0.15) is 52.9 Å². The van der Waals surface area contributed by atoms with Gasteiger partial charge in [-0.05, 0) is 65.0 Å². The van der Waals surface area contributed by atoms with Gasteiger partial charge in [0.15, 0.2) is 0 Å². The lowest BCUT2D eigenvalue weighted by molar-refractivity contribution is -0.0225. The van der Waals surface area contributed by atoms with Gasteiger partial charge in [-0.15, -0.1) is 0 Å². The van der Waals surface area contributed by atoms with Crippen molar-refractivity contribution in [1.29, 1.82) is 0 Å². The van der Waals surface area contributed by atoms with Crippen molar-refractivity contribution in [2.75, 3.05) is 13.1 Å². The lowest BCUT2D eigenvalue weighted by Gasteiger charge is -2.46. The maximum absolute atomic E-state index is 10.1. The number of hydrogen-bond donors (Lipinski definition) is 1. The minimum atomic E-state index is -0.0142. The van der Waals surface area contributed by atoms with Crippen molar-refractivity contribution >= 4 is 0 Å². The highest BCUT2D eigenvalue weighted by Crippen LogP contribution is 2.47. The largest absolute Gasteiger partial charge is 0.393 e. The molecule has 1 aliphatic carbocycles. The summed E-state index contributed by atoms with van der Waals surface area (Å²) >= 11 is 0. The first-order valence-electron chi connectivity index (χ1n) is 6.37.